The summed E-state index contributed by atoms with van der Waals surface area (Å²) in [6.07, 6.45) is 2.06. The van der Waals surface area contributed by atoms with Crippen LogP contribution in [0, 0.1) is 0 Å². The molecule has 1 aromatic rings. The molecular formula is C12H14ClNO3. The van der Waals surface area contributed by atoms with Crippen molar-refractivity contribution in [3.63, 3.8) is 0 Å². The number of nitrogens with one attached hydrogen (secondary N) is 1. The van der Waals surface area contributed by atoms with E-state index in [0.29, 0.717) is 5.02 Å². The van der Waals surface area contributed by atoms with Gasteiger partial charge in [0, 0.05) is 17.6 Å². The largest absolute Gasteiger partial charge is 0.394 e. The zero-order chi connectivity index (χ0) is 12.7. The van der Waals surface area contributed by atoms with Gasteiger partial charge in [-0.05, 0) is 23.8 Å². The van der Waals surface area contributed by atoms with Gasteiger partial charge >= 0.3 is 0 Å². The minimum absolute atomic E-state index is 0.0281. The van der Waals surface area contributed by atoms with Crippen molar-refractivity contribution in [3.8, 4) is 0 Å². The minimum Gasteiger partial charge on any atom is -0.394 e. The first kappa shape index (κ1) is 13.7. The summed E-state index contributed by atoms with van der Waals surface area (Å²) in [5, 5.41) is 20.7. The lowest BCUT2D eigenvalue weighted by Crippen LogP contribution is -2.32. The van der Waals surface area contributed by atoms with Crippen molar-refractivity contribution in [2.24, 2.45) is 0 Å². The summed E-state index contributed by atoms with van der Waals surface area (Å²) in [5.74, 6) is -0.326. The smallest absolute Gasteiger partial charge is 0.244 e. The van der Waals surface area contributed by atoms with Crippen LogP contribution in [0.2, 0.25) is 5.02 Å². The van der Waals surface area contributed by atoms with Gasteiger partial charge in [0.1, 0.15) is 0 Å². The minimum atomic E-state index is -0.928. The van der Waals surface area contributed by atoms with Crippen LogP contribution >= 0.6 is 11.6 Å². The lowest BCUT2D eigenvalue weighted by Gasteiger charge is -2.06. The molecule has 0 spiro atoms. The number of hydrogen-bond acceptors (Lipinski definition) is 3. The van der Waals surface area contributed by atoms with E-state index in [1.165, 1.54) is 6.08 Å². The maximum Gasteiger partial charge on any atom is 0.244 e. The molecule has 1 aromatic carbocycles. The molecule has 4 nitrogen and oxygen atoms in total. The molecule has 1 rings (SSSR count). The van der Waals surface area contributed by atoms with Gasteiger partial charge in [0.15, 0.2) is 0 Å². The number of hydrogen-bond donors (Lipinski definition) is 3. The van der Waals surface area contributed by atoms with Crippen LogP contribution in [0.25, 0.3) is 6.08 Å². The molecule has 5 heteroatoms. The Labute approximate surface area is 105 Å². The van der Waals surface area contributed by atoms with Crippen molar-refractivity contribution in [2.75, 3.05) is 13.2 Å². The Hall–Kier alpha value is -1.36. The molecule has 1 unspecified atom stereocenters. The van der Waals surface area contributed by atoms with Crippen LogP contribution in [0.5, 0.6) is 0 Å². The number of carbonyl (C=O) groups excluding carboxylic acids is 1. The molecule has 0 aliphatic heterocycles. The van der Waals surface area contributed by atoms with Gasteiger partial charge in [-0.2, -0.15) is 0 Å². The SMILES string of the molecule is O=C(C=Cc1ccc(Cl)cc1)NCC(O)CO. The third-order valence-electron chi connectivity index (χ3n) is 2.02. The fourth-order valence-corrected chi connectivity index (χ4v) is 1.21. The van der Waals surface area contributed by atoms with Crippen LogP contribution in [0.15, 0.2) is 30.3 Å². The normalized spacial score (nSPS) is 12.6. The number of halogens is 1. The second-order valence-corrected chi connectivity index (χ2v) is 3.90. The maximum absolute atomic E-state index is 11.3. The third kappa shape index (κ3) is 5.49. The number of aliphatic hydroxyl groups excluding tert-OH is 2. The van der Waals surface area contributed by atoms with Gasteiger partial charge in [-0.15, -0.1) is 0 Å². The van der Waals surface area contributed by atoms with Gasteiger partial charge in [0.25, 0.3) is 0 Å². The quantitative estimate of drug-likeness (QED) is 0.683. The molecule has 17 heavy (non-hydrogen) atoms. The third-order valence-corrected chi connectivity index (χ3v) is 2.27. The Bertz CT molecular complexity index is 389. The molecule has 3 N–H and O–H groups in total. The molecule has 0 aromatic heterocycles. The highest BCUT2D eigenvalue weighted by Crippen LogP contribution is 2.10. The summed E-state index contributed by atoms with van der Waals surface area (Å²) < 4.78 is 0. The van der Waals surface area contributed by atoms with E-state index in [1.807, 2.05) is 0 Å². The summed E-state index contributed by atoms with van der Waals surface area (Å²) in [5.41, 5.74) is 0.854. The lowest BCUT2D eigenvalue weighted by atomic mass is 10.2. The Morgan fingerprint density at radius 3 is 2.65 bits per heavy atom. The topological polar surface area (TPSA) is 69.6 Å². The molecule has 0 aliphatic carbocycles. The van der Waals surface area contributed by atoms with Gasteiger partial charge in [0.05, 0.1) is 12.7 Å². The van der Waals surface area contributed by atoms with Crippen molar-refractivity contribution >= 4 is 23.6 Å². The summed E-state index contributed by atoms with van der Waals surface area (Å²) >= 11 is 5.72. The molecule has 1 amide bonds. The van der Waals surface area contributed by atoms with Gasteiger partial charge in [-0.3, -0.25) is 4.79 Å². The van der Waals surface area contributed by atoms with Crippen LogP contribution in [-0.4, -0.2) is 35.4 Å². The second-order valence-electron chi connectivity index (χ2n) is 3.47. The Balaban J connectivity index is 2.42. The van der Waals surface area contributed by atoms with E-state index >= 15 is 0 Å². The van der Waals surface area contributed by atoms with Crippen LogP contribution in [0.3, 0.4) is 0 Å². The highest BCUT2D eigenvalue weighted by Gasteiger charge is 2.02. The van der Waals surface area contributed by atoms with E-state index in [0.717, 1.165) is 5.56 Å². The van der Waals surface area contributed by atoms with E-state index in [1.54, 1.807) is 30.3 Å². The van der Waals surface area contributed by atoms with Crippen LogP contribution in [0.1, 0.15) is 5.56 Å². The average molecular weight is 256 g/mol. The van der Waals surface area contributed by atoms with Gasteiger partial charge in [0.2, 0.25) is 5.91 Å². The molecule has 0 aliphatic rings. The van der Waals surface area contributed by atoms with E-state index in [4.69, 9.17) is 21.8 Å². The number of carbonyl (C=O) groups is 1. The average Bonchev–Trinajstić information content (AvgIpc) is 2.35. The number of amides is 1. The predicted octanol–water partition coefficient (Wildman–Crippen LogP) is 0.823. The highest BCUT2D eigenvalue weighted by molar-refractivity contribution is 6.30. The lowest BCUT2D eigenvalue weighted by molar-refractivity contribution is -0.117. The van der Waals surface area contributed by atoms with E-state index in [9.17, 15) is 4.79 Å². The fraction of sp³-hybridized carbons (Fsp3) is 0.250. The van der Waals surface area contributed by atoms with Crippen LogP contribution < -0.4 is 5.32 Å². The van der Waals surface area contributed by atoms with E-state index in [2.05, 4.69) is 5.32 Å². The van der Waals surface area contributed by atoms with Crippen molar-refractivity contribution in [1.29, 1.82) is 0 Å². The maximum atomic E-state index is 11.3. The monoisotopic (exact) mass is 255 g/mol. The van der Waals surface area contributed by atoms with Gasteiger partial charge < -0.3 is 15.5 Å². The van der Waals surface area contributed by atoms with Crippen molar-refractivity contribution in [1.82, 2.24) is 5.32 Å². The highest BCUT2D eigenvalue weighted by atomic mass is 35.5. The number of aliphatic hydroxyl groups is 2. The van der Waals surface area contributed by atoms with E-state index in [-0.39, 0.29) is 19.1 Å². The molecule has 0 saturated heterocycles. The number of rotatable bonds is 5. The molecule has 0 fully saturated rings. The fourth-order valence-electron chi connectivity index (χ4n) is 1.09. The predicted molar refractivity (Wildman–Crippen MR) is 66.6 cm³/mol. The van der Waals surface area contributed by atoms with Crippen molar-refractivity contribution < 1.29 is 15.0 Å². The molecular weight excluding hydrogens is 242 g/mol. The van der Waals surface area contributed by atoms with Crippen LogP contribution in [0.4, 0.5) is 0 Å². The summed E-state index contributed by atoms with van der Waals surface area (Å²) in [7, 11) is 0. The zero-order valence-corrected chi connectivity index (χ0v) is 9.89. The molecule has 0 bridgehead atoms. The first-order valence-corrected chi connectivity index (χ1v) is 5.50. The Kier molecular flexibility index (Phi) is 5.69. The molecule has 1 atom stereocenters. The standard InChI is InChI=1S/C12H14ClNO3/c13-10-4-1-9(2-5-10)3-6-12(17)14-7-11(16)8-15/h1-6,11,15-16H,7-8H2,(H,14,17). The molecule has 0 radical (unpaired) electrons. The summed E-state index contributed by atoms with van der Waals surface area (Å²) in [4.78, 5) is 11.3. The summed E-state index contributed by atoms with van der Waals surface area (Å²) in [6, 6.07) is 7.03. The molecule has 92 valence electrons. The summed E-state index contributed by atoms with van der Waals surface area (Å²) in [6.45, 7) is -0.346. The second kappa shape index (κ2) is 7.06. The Morgan fingerprint density at radius 1 is 1.41 bits per heavy atom. The zero-order valence-electron chi connectivity index (χ0n) is 9.14. The van der Waals surface area contributed by atoms with Crippen molar-refractivity contribution in [2.45, 2.75) is 6.10 Å². The van der Waals surface area contributed by atoms with Gasteiger partial charge in [-0.25, -0.2) is 0 Å². The number of benzene rings is 1. The molecule has 0 heterocycles. The first-order valence-electron chi connectivity index (χ1n) is 5.12. The van der Waals surface area contributed by atoms with Crippen LogP contribution in [-0.2, 0) is 4.79 Å². The van der Waals surface area contributed by atoms with E-state index < -0.39 is 6.10 Å². The van der Waals surface area contributed by atoms with Crippen molar-refractivity contribution in [3.05, 3.63) is 40.9 Å². The molecule has 0 saturated carbocycles. The first-order chi connectivity index (χ1) is 8.11. The van der Waals surface area contributed by atoms with Gasteiger partial charge in [-0.1, -0.05) is 23.7 Å². The Morgan fingerprint density at radius 2 is 2.06 bits per heavy atom.